The predicted octanol–water partition coefficient (Wildman–Crippen LogP) is 6.39. The molecule has 0 aliphatic heterocycles. The molecule has 0 spiro atoms. The zero-order valence-corrected chi connectivity index (χ0v) is 17.1. The van der Waals surface area contributed by atoms with Gasteiger partial charge in [-0.25, -0.2) is 4.79 Å². The Morgan fingerprint density at radius 2 is 1.59 bits per heavy atom. The van der Waals surface area contributed by atoms with Crippen LogP contribution < -0.4 is 5.32 Å². The maximum atomic E-state index is 11.2. The molecule has 0 bridgehead atoms. The highest BCUT2D eigenvalue weighted by Crippen LogP contribution is 2.35. The van der Waals surface area contributed by atoms with Crippen LogP contribution in [0.15, 0.2) is 72.8 Å². The molecule has 5 heteroatoms. The third kappa shape index (κ3) is 6.02. The van der Waals surface area contributed by atoms with Gasteiger partial charge in [0.25, 0.3) is 0 Å². The first-order chi connectivity index (χ1) is 14.2. The van der Waals surface area contributed by atoms with Crippen molar-refractivity contribution in [2.45, 2.75) is 6.42 Å². The van der Waals surface area contributed by atoms with Crippen molar-refractivity contribution in [3.05, 3.63) is 88.9 Å². The number of carbonyl (C=O) groups is 1. The van der Waals surface area contributed by atoms with Crippen LogP contribution in [0, 0.1) is 11.8 Å². The van der Waals surface area contributed by atoms with E-state index in [0.29, 0.717) is 10.7 Å². The van der Waals surface area contributed by atoms with Crippen molar-refractivity contribution in [2.75, 3.05) is 17.8 Å². The fourth-order valence-corrected chi connectivity index (χ4v) is 3.28. The van der Waals surface area contributed by atoms with E-state index in [1.807, 2.05) is 0 Å². The van der Waals surface area contributed by atoms with Crippen LogP contribution in [0.2, 0.25) is 5.02 Å². The number of hydrogen-bond donors (Lipinski definition) is 1. The molecule has 146 valence electrons. The van der Waals surface area contributed by atoms with E-state index in [-0.39, 0.29) is 12.5 Å². The van der Waals surface area contributed by atoms with E-state index in [1.165, 1.54) is 22.3 Å². The quantitative estimate of drug-likeness (QED) is 0.299. The molecule has 1 aliphatic rings. The topological polar surface area (TPSA) is 38.3 Å². The number of carbonyl (C=O) groups excluding carboxylic acids is 1. The van der Waals surface area contributed by atoms with Gasteiger partial charge in [0.2, 0.25) is 0 Å². The largest absolute Gasteiger partial charge is 0.436 e. The first-order valence-corrected chi connectivity index (χ1v) is 9.96. The first kappa shape index (κ1) is 20.8. The van der Waals surface area contributed by atoms with Gasteiger partial charge in [0, 0.05) is 10.7 Å². The molecule has 3 aromatic carbocycles. The molecule has 1 amide bonds. The molecule has 0 radical (unpaired) electrons. The summed E-state index contributed by atoms with van der Waals surface area (Å²) < 4.78 is 4.76. The highest BCUT2D eigenvalue weighted by molar-refractivity contribution is 6.30. The number of hydrogen-bond acceptors (Lipinski definition) is 2. The molecule has 0 unspecified atom stereocenters. The van der Waals surface area contributed by atoms with Crippen LogP contribution in [0.25, 0.3) is 11.1 Å². The summed E-state index contributed by atoms with van der Waals surface area (Å²) in [4.78, 5) is 11.2. The van der Waals surface area contributed by atoms with Crippen molar-refractivity contribution in [3.8, 4) is 23.0 Å². The van der Waals surface area contributed by atoms with Crippen LogP contribution in [-0.4, -0.2) is 18.6 Å². The van der Waals surface area contributed by atoms with Gasteiger partial charge < -0.3 is 4.74 Å². The van der Waals surface area contributed by atoms with E-state index in [0.717, 1.165) is 6.42 Å². The number of fused-ring (bicyclic) bond motifs is 3. The Hall–Kier alpha value is -2.93. The van der Waals surface area contributed by atoms with Crippen LogP contribution >= 0.6 is 23.2 Å². The Bertz CT molecular complexity index is 1010. The number of ether oxygens (including phenoxy) is 1. The van der Waals surface area contributed by atoms with Gasteiger partial charge in [0.1, 0.15) is 0 Å². The van der Waals surface area contributed by atoms with Gasteiger partial charge in [-0.15, -0.1) is 11.6 Å². The fourth-order valence-electron chi connectivity index (χ4n) is 3.00. The van der Waals surface area contributed by atoms with Crippen LogP contribution in [0.3, 0.4) is 0 Å². The number of nitrogens with one attached hydrogen (secondary N) is 1. The van der Waals surface area contributed by atoms with E-state index in [2.05, 4.69) is 65.7 Å². The lowest BCUT2D eigenvalue weighted by molar-refractivity contribution is 0.176. The van der Waals surface area contributed by atoms with Crippen LogP contribution in [0.4, 0.5) is 10.5 Å². The van der Waals surface area contributed by atoms with Crippen LogP contribution in [-0.2, 0) is 11.2 Å². The predicted molar refractivity (Wildman–Crippen MR) is 120 cm³/mol. The van der Waals surface area contributed by atoms with Gasteiger partial charge in [-0.05, 0) is 46.9 Å². The highest BCUT2D eigenvalue weighted by Gasteiger charge is 2.15. The second kappa shape index (κ2) is 10.6. The van der Waals surface area contributed by atoms with E-state index in [4.69, 9.17) is 27.9 Å². The molecule has 1 aliphatic carbocycles. The Kier molecular flexibility index (Phi) is 7.58. The molecular weight excluding hydrogens is 405 g/mol. The first-order valence-electron chi connectivity index (χ1n) is 9.04. The smallest absolute Gasteiger partial charge is 0.412 e. The molecule has 0 saturated carbocycles. The molecule has 0 atom stereocenters. The number of halogens is 2. The molecule has 1 N–H and O–H groups in total. The number of alkyl halides is 1. The summed E-state index contributed by atoms with van der Waals surface area (Å²) in [5.41, 5.74) is 6.33. The molecular formula is C24H19Cl2NO2. The summed E-state index contributed by atoms with van der Waals surface area (Å²) in [5, 5.41) is 3.05. The highest BCUT2D eigenvalue weighted by atomic mass is 35.5. The number of rotatable bonds is 2. The zero-order chi connectivity index (χ0) is 20.5. The van der Waals surface area contributed by atoms with Gasteiger partial charge in [-0.1, -0.05) is 78.0 Å². The SMILES string of the molecule is O=C(Nc1cccc(Cl)c1)OCC#CCCl.c1ccc2c(c1)Cc1ccccc1-2. The van der Waals surface area contributed by atoms with Crippen molar-refractivity contribution in [3.63, 3.8) is 0 Å². The maximum Gasteiger partial charge on any atom is 0.412 e. The number of benzene rings is 3. The minimum absolute atomic E-state index is 0.0130. The van der Waals surface area contributed by atoms with E-state index < -0.39 is 6.09 Å². The molecule has 4 rings (SSSR count). The Balaban J connectivity index is 0.000000168. The fraction of sp³-hybridized carbons (Fsp3) is 0.125. The Labute approximate surface area is 180 Å². The van der Waals surface area contributed by atoms with Crippen molar-refractivity contribution >= 4 is 35.0 Å². The summed E-state index contributed by atoms with van der Waals surface area (Å²) >= 11 is 11.1. The summed E-state index contributed by atoms with van der Waals surface area (Å²) in [7, 11) is 0. The summed E-state index contributed by atoms with van der Waals surface area (Å²) in [5.74, 6) is 5.36. The summed E-state index contributed by atoms with van der Waals surface area (Å²) in [6.07, 6.45) is 0.526. The van der Waals surface area contributed by atoms with E-state index in [9.17, 15) is 4.79 Å². The molecule has 0 fully saturated rings. The summed E-state index contributed by atoms with van der Waals surface area (Å²) in [6, 6.07) is 24.1. The number of anilines is 1. The van der Waals surface area contributed by atoms with Crippen LogP contribution in [0.1, 0.15) is 11.1 Å². The lowest BCUT2D eigenvalue weighted by Crippen LogP contribution is -2.13. The van der Waals surface area contributed by atoms with E-state index >= 15 is 0 Å². The lowest BCUT2D eigenvalue weighted by atomic mass is 10.1. The lowest BCUT2D eigenvalue weighted by Gasteiger charge is -2.04. The van der Waals surface area contributed by atoms with Gasteiger partial charge in [-0.3, -0.25) is 5.32 Å². The zero-order valence-electron chi connectivity index (χ0n) is 15.6. The number of amides is 1. The molecule has 0 aromatic heterocycles. The minimum atomic E-state index is -0.578. The van der Waals surface area contributed by atoms with Crippen molar-refractivity contribution in [1.29, 1.82) is 0 Å². The van der Waals surface area contributed by atoms with Gasteiger partial charge in [-0.2, -0.15) is 0 Å². The average molecular weight is 424 g/mol. The molecule has 29 heavy (non-hydrogen) atoms. The third-order valence-corrected chi connectivity index (χ3v) is 4.61. The van der Waals surface area contributed by atoms with Gasteiger partial charge in [0.15, 0.2) is 6.61 Å². The van der Waals surface area contributed by atoms with Gasteiger partial charge in [0.05, 0.1) is 5.88 Å². The Morgan fingerprint density at radius 3 is 2.21 bits per heavy atom. The summed E-state index contributed by atoms with van der Waals surface area (Å²) in [6.45, 7) is 0.0130. The third-order valence-electron chi connectivity index (χ3n) is 4.24. The standard InChI is InChI=1S/C13H10.C11H9Cl2NO2/c1-3-7-12-10(5-1)9-11-6-2-4-8-13(11)12;12-6-1-2-7-16-11(15)14-10-5-3-4-9(13)8-10/h1-8H,9H2;3-5,8H,6-7H2,(H,14,15). The normalized spacial score (nSPS) is 10.4. The molecule has 0 heterocycles. The maximum absolute atomic E-state index is 11.2. The minimum Gasteiger partial charge on any atom is -0.436 e. The monoisotopic (exact) mass is 423 g/mol. The second-order valence-electron chi connectivity index (χ2n) is 6.19. The van der Waals surface area contributed by atoms with Crippen molar-refractivity contribution in [1.82, 2.24) is 0 Å². The molecule has 3 aromatic rings. The van der Waals surface area contributed by atoms with Crippen molar-refractivity contribution < 1.29 is 9.53 Å². The Morgan fingerprint density at radius 1 is 0.931 bits per heavy atom. The van der Waals surface area contributed by atoms with Gasteiger partial charge >= 0.3 is 6.09 Å². The van der Waals surface area contributed by atoms with E-state index in [1.54, 1.807) is 24.3 Å². The molecule has 3 nitrogen and oxygen atoms in total. The van der Waals surface area contributed by atoms with Crippen molar-refractivity contribution in [2.24, 2.45) is 0 Å². The average Bonchev–Trinajstić information content (AvgIpc) is 3.10. The second-order valence-corrected chi connectivity index (χ2v) is 6.89. The molecule has 0 saturated heterocycles. The van der Waals surface area contributed by atoms with Crippen LogP contribution in [0.5, 0.6) is 0 Å².